The van der Waals surface area contributed by atoms with E-state index in [0.29, 0.717) is 12.5 Å². The number of hydrogen-bond acceptors (Lipinski definition) is 2. The van der Waals surface area contributed by atoms with Crippen molar-refractivity contribution >= 4 is 5.91 Å². The summed E-state index contributed by atoms with van der Waals surface area (Å²) >= 11 is 0. The highest BCUT2D eigenvalue weighted by Gasteiger charge is 2.26. The van der Waals surface area contributed by atoms with E-state index in [0.717, 1.165) is 19.4 Å². The van der Waals surface area contributed by atoms with Crippen LogP contribution >= 0.6 is 0 Å². The second-order valence-electron chi connectivity index (χ2n) is 4.69. The minimum atomic E-state index is -0.0367. The zero-order valence-corrected chi connectivity index (χ0v) is 10.3. The first-order valence-corrected chi connectivity index (χ1v) is 6.31. The molecule has 1 aliphatic carbocycles. The highest BCUT2D eigenvalue weighted by Crippen LogP contribution is 2.33. The molecule has 0 saturated heterocycles. The SMILES string of the molecule is CCC(CN)C(=O)NCC1Cc2ccccc21. The maximum atomic E-state index is 11.8. The van der Waals surface area contributed by atoms with Crippen LogP contribution in [0.1, 0.15) is 30.4 Å². The lowest BCUT2D eigenvalue weighted by molar-refractivity contribution is -0.124. The van der Waals surface area contributed by atoms with Gasteiger partial charge in [-0.2, -0.15) is 0 Å². The summed E-state index contributed by atoms with van der Waals surface area (Å²) in [6.07, 6.45) is 1.89. The maximum absolute atomic E-state index is 11.8. The third-order valence-corrected chi connectivity index (χ3v) is 3.63. The van der Waals surface area contributed by atoms with Gasteiger partial charge in [-0.25, -0.2) is 0 Å². The Labute approximate surface area is 102 Å². The van der Waals surface area contributed by atoms with Gasteiger partial charge in [0.1, 0.15) is 0 Å². The quantitative estimate of drug-likeness (QED) is 0.807. The Morgan fingerprint density at radius 3 is 2.94 bits per heavy atom. The van der Waals surface area contributed by atoms with E-state index in [1.165, 1.54) is 11.1 Å². The van der Waals surface area contributed by atoms with Crippen molar-refractivity contribution in [3.8, 4) is 0 Å². The van der Waals surface area contributed by atoms with Gasteiger partial charge in [0.05, 0.1) is 0 Å². The Morgan fingerprint density at radius 1 is 1.53 bits per heavy atom. The maximum Gasteiger partial charge on any atom is 0.224 e. The van der Waals surface area contributed by atoms with Gasteiger partial charge in [0.25, 0.3) is 0 Å². The predicted octanol–water partition coefficient (Wildman–Crippen LogP) is 1.43. The van der Waals surface area contributed by atoms with E-state index in [9.17, 15) is 4.79 Å². The molecule has 0 heterocycles. The largest absolute Gasteiger partial charge is 0.355 e. The molecule has 1 aromatic carbocycles. The van der Waals surface area contributed by atoms with Gasteiger partial charge in [0, 0.05) is 24.9 Å². The molecule has 2 rings (SSSR count). The summed E-state index contributed by atoms with van der Waals surface area (Å²) in [5.41, 5.74) is 8.35. The minimum absolute atomic E-state index is 0.0367. The van der Waals surface area contributed by atoms with Crippen LogP contribution in [0.2, 0.25) is 0 Å². The van der Waals surface area contributed by atoms with Crippen LogP contribution in [-0.4, -0.2) is 19.0 Å². The fraction of sp³-hybridized carbons (Fsp3) is 0.500. The van der Waals surface area contributed by atoms with E-state index in [-0.39, 0.29) is 11.8 Å². The van der Waals surface area contributed by atoms with E-state index in [2.05, 4.69) is 29.6 Å². The second kappa shape index (κ2) is 5.32. The van der Waals surface area contributed by atoms with E-state index in [1.54, 1.807) is 0 Å². The molecule has 0 saturated carbocycles. The van der Waals surface area contributed by atoms with Gasteiger partial charge in [-0.3, -0.25) is 4.79 Å². The molecular formula is C14H20N2O. The van der Waals surface area contributed by atoms with Crippen LogP contribution in [0.4, 0.5) is 0 Å². The minimum Gasteiger partial charge on any atom is -0.355 e. The number of rotatable bonds is 5. The standard InChI is InChI=1S/C14H20N2O/c1-2-10(8-15)14(17)16-9-12-7-11-5-3-4-6-13(11)12/h3-6,10,12H,2,7-9,15H2,1H3,(H,16,17). The van der Waals surface area contributed by atoms with Crippen molar-refractivity contribution in [3.63, 3.8) is 0 Å². The Kier molecular flexibility index (Phi) is 3.79. The van der Waals surface area contributed by atoms with Crippen LogP contribution in [0.3, 0.4) is 0 Å². The fourth-order valence-electron chi connectivity index (χ4n) is 2.37. The van der Waals surface area contributed by atoms with Gasteiger partial charge >= 0.3 is 0 Å². The van der Waals surface area contributed by atoms with Crippen molar-refractivity contribution in [1.82, 2.24) is 5.32 Å². The summed E-state index contributed by atoms with van der Waals surface area (Å²) < 4.78 is 0. The van der Waals surface area contributed by atoms with E-state index < -0.39 is 0 Å². The average molecular weight is 232 g/mol. The summed E-state index contributed by atoms with van der Waals surface area (Å²) in [4.78, 5) is 11.8. The van der Waals surface area contributed by atoms with Gasteiger partial charge in [-0.1, -0.05) is 31.2 Å². The lowest BCUT2D eigenvalue weighted by atomic mass is 9.77. The zero-order chi connectivity index (χ0) is 12.3. The molecule has 2 atom stereocenters. The summed E-state index contributed by atoms with van der Waals surface area (Å²) in [7, 11) is 0. The highest BCUT2D eigenvalue weighted by atomic mass is 16.1. The summed E-state index contributed by atoms with van der Waals surface area (Å²) in [5.74, 6) is 0.551. The molecule has 3 heteroatoms. The molecule has 0 aromatic heterocycles. The highest BCUT2D eigenvalue weighted by molar-refractivity contribution is 5.78. The zero-order valence-electron chi connectivity index (χ0n) is 10.3. The van der Waals surface area contributed by atoms with Crippen LogP contribution < -0.4 is 11.1 Å². The predicted molar refractivity (Wildman–Crippen MR) is 68.7 cm³/mol. The Bertz CT molecular complexity index is 399. The molecule has 92 valence electrons. The lowest BCUT2D eigenvalue weighted by Crippen LogP contribution is -2.38. The molecule has 0 aliphatic heterocycles. The van der Waals surface area contributed by atoms with Crippen molar-refractivity contribution < 1.29 is 4.79 Å². The molecule has 1 amide bonds. The molecule has 3 N–H and O–H groups in total. The van der Waals surface area contributed by atoms with Gasteiger partial charge in [0.15, 0.2) is 0 Å². The van der Waals surface area contributed by atoms with Crippen LogP contribution in [0, 0.1) is 5.92 Å². The van der Waals surface area contributed by atoms with Crippen LogP contribution in [0.5, 0.6) is 0 Å². The van der Waals surface area contributed by atoms with Crippen molar-refractivity contribution in [2.75, 3.05) is 13.1 Å². The van der Waals surface area contributed by atoms with E-state index in [1.807, 2.05) is 6.92 Å². The summed E-state index contributed by atoms with van der Waals surface area (Å²) in [6, 6.07) is 8.43. The molecule has 1 aliphatic rings. The van der Waals surface area contributed by atoms with Gasteiger partial charge < -0.3 is 11.1 Å². The second-order valence-corrected chi connectivity index (χ2v) is 4.69. The molecular weight excluding hydrogens is 212 g/mol. The molecule has 0 spiro atoms. The van der Waals surface area contributed by atoms with E-state index in [4.69, 9.17) is 5.73 Å². The molecule has 2 unspecified atom stereocenters. The number of hydrogen-bond donors (Lipinski definition) is 2. The Hall–Kier alpha value is -1.35. The first-order chi connectivity index (χ1) is 8.26. The van der Waals surface area contributed by atoms with Crippen molar-refractivity contribution in [2.24, 2.45) is 11.7 Å². The molecule has 0 radical (unpaired) electrons. The average Bonchev–Trinajstić information content (AvgIpc) is 2.32. The first kappa shape index (κ1) is 12.1. The number of carbonyl (C=O) groups is 1. The van der Waals surface area contributed by atoms with Crippen LogP contribution in [0.25, 0.3) is 0 Å². The van der Waals surface area contributed by atoms with Crippen LogP contribution in [0.15, 0.2) is 24.3 Å². The monoisotopic (exact) mass is 232 g/mol. The number of nitrogens with two attached hydrogens (primary N) is 1. The number of carbonyl (C=O) groups excluding carboxylic acids is 1. The number of nitrogens with one attached hydrogen (secondary N) is 1. The fourth-order valence-corrected chi connectivity index (χ4v) is 2.37. The lowest BCUT2D eigenvalue weighted by Gasteiger charge is -2.30. The Morgan fingerprint density at radius 2 is 2.29 bits per heavy atom. The topological polar surface area (TPSA) is 55.1 Å². The summed E-state index contributed by atoms with van der Waals surface area (Å²) in [6.45, 7) is 3.17. The van der Waals surface area contributed by atoms with E-state index >= 15 is 0 Å². The molecule has 3 nitrogen and oxygen atoms in total. The molecule has 17 heavy (non-hydrogen) atoms. The third kappa shape index (κ3) is 2.50. The van der Waals surface area contributed by atoms with Crippen molar-refractivity contribution in [2.45, 2.75) is 25.7 Å². The molecule has 0 fully saturated rings. The third-order valence-electron chi connectivity index (χ3n) is 3.63. The van der Waals surface area contributed by atoms with Gasteiger partial charge in [-0.05, 0) is 24.0 Å². The van der Waals surface area contributed by atoms with Crippen molar-refractivity contribution in [1.29, 1.82) is 0 Å². The molecule has 0 bridgehead atoms. The normalized spacial score (nSPS) is 19.1. The van der Waals surface area contributed by atoms with Crippen LogP contribution in [-0.2, 0) is 11.2 Å². The molecule has 1 aromatic rings. The smallest absolute Gasteiger partial charge is 0.224 e. The number of fused-ring (bicyclic) bond motifs is 1. The Balaban J connectivity index is 1.83. The van der Waals surface area contributed by atoms with Gasteiger partial charge in [0.2, 0.25) is 5.91 Å². The van der Waals surface area contributed by atoms with Gasteiger partial charge in [-0.15, -0.1) is 0 Å². The van der Waals surface area contributed by atoms with Crippen molar-refractivity contribution in [3.05, 3.63) is 35.4 Å². The summed E-state index contributed by atoms with van der Waals surface area (Å²) in [5, 5.41) is 3.01. The first-order valence-electron chi connectivity index (χ1n) is 6.31. The number of benzene rings is 1. The number of amides is 1.